The number of hydrogen-bond acceptors (Lipinski definition) is 1. The van der Waals surface area contributed by atoms with Crippen LogP contribution in [0.25, 0.3) is 0 Å². The smallest absolute Gasteiger partial charge is 0.223 e. The van der Waals surface area contributed by atoms with E-state index in [1.807, 2.05) is 18.2 Å². The van der Waals surface area contributed by atoms with Gasteiger partial charge in [-0.1, -0.05) is 30.3 Å². The zero-order chi connectivity index (χ0) is 11.7. The SMILES string of the molecule is O=C(CC1CC1)N(Cc1ccccc1)C1CC1. The van der Waals surface area contributed by atoms with Gasteiger partial charge in [0.25, 0.3) is 0 Å². The van der Waals surface area contributed by atoms with Crippen molar-refractivity contribution < 1.29 is 4.79 Å². The second-order valence-electron chi connectivity index (χ2n) is 5.39. The number of hydrogen-bond donors (Lipinski definition) is 0. The van der Waals surface area contributed by atoms with Crippen molar-refractivity contribution in [2.24, 2.45) is 5.92 Å². The van der Waals surface area contributed by atoms with Crippen LogP contribution >= 0.6 is 0 Å². The molecule has 2 saturated carbocycles. The molecule has 0 heterocycles. The van der Waals surface area contributed by atoms with Crippen molar-refractivity contribution in [3.63, 3.8) is 0 Å². The minimum Gasteiger partial charge on any atom is -0.335 e. The summed E-state index contributed by atoms with van der Waals surface area (Å²) in [7, 11) is 0. The molecule has 0 unspecified atom stereocenters. The van der Waals surface area contributed by atoms with Crippen LogP contribution in [-0.2, 0) is 11.3 Å². The van der Waals surface area contributed by atoms with Crippen LogP contribution in [0.4, 0.5) is 0 Å². The molecule has 1 amide bonds. The third-order valence-corrected chi connectivity index (χ3v) is 3.66. The number of carbonyl (C=O) groups excluding carboxylic acids is 1. The number of carbonyl (C=O) groups is 1. The number of amides is 1. The summed E-state index contributed by atoms with van der Waals surface area (Å²) in [6.45, 7) is 0.803. The Bertz CT molecular complexity index is 393. The summed E-state index contributed by atoms with van der Waals surface area (Å²) in [4.78, 5) is 14.3. The minimum absolute atomic E-state index is 0.374. The number of rotatable bonds is 5. The van der Waals surface area contributed by atoms with Gasteiger partial charge in [0.2, 0.25) is 5.91 Å². The Hall–Kier alpha value is -1.31. The normalized spacial score (nSPS) is 19.1. The van der Waals surface area contributed by atoms with Gasteiger partial charge in [-0.25, -0.2) is 0 Å². The van der Waals surface area contributed by atoms with Crippen LogP contribution in [0.3, 0.4) is 0 Å². The fraction of sp³-hybridized carbons (Fsp3) is 0.533. The fourth-order valence-corrected chi connectivity index (χ4v) is 2.27. The molecule has 1 aromatic carbocycles. The molecule has 0 N–H and O–H groups in total. The first-order valence-corrected chi connectivity index (χ1v) is 6.66. The van der Waals surface area contributed by atoms with E-state index in [2.05, 4.69) is 17.0 Å². The Kier molecular flexibility index (Phi) is 2.87. The zero-order valence-electron chi connectivity index (χ0n) is 10.1. The lowest BCUT2D eigenvalue weighted by Crippen LogP contribution is -2.32. The Morgan fingerprint density at radius 2 is 1.82 bits per heavy atom. The first-order chi connectivity index (χ1) is 8.33. The molecule has 0 saturated heterocycles. The zero-order valence-corrected chi connectivity index (χ0v) is 10.1. The monoisotopic (exact) mass is 229 g/mol. The first-order valence-electron chi connectivity index (χ1n) is 6.66. The van der Waals surface area contributed by atoms with Gasteiger partial charge in [0.15, 0.2) is 0 Å². The van der Waals surface area contributed by atoms with E-state index >= 15 is 0 Å². The summed E-state index contributed by atoms with van der Waals surface area (Å²) >= 11 is 0. The highest BCUT2D eigenvalue weighted by Crippen LogP contribution is 2.35. The van der Waals surface area contributed by atoms with Crippen molar-refractivity contribution in [1.82, 2.24) is 4.90 Å². The van der Waals surface area contributed by atoms with Gasteiger partial charge in [-0.05, 0) is 37.2 Å². The highest BCUT2D eigenvalue weighted by Gasteiger charge is 2.35. The van der Waals surface area contributed by atoms with Crippen molar-refractivity contribution in [2.45, 2.75) is 44.7 Å². The molecule has 1 aromatic rings. The Balaban J connectivity index is 1.65. The van der Waals surface area contributed by atoms with E-state index in [0.717, 1.165) is 13.0 Å². The molecular weight excluding hydrogens is 210 g/mol. The van der Waals surface area contributed by atoms with Gasteiger partial charge in [-0.15, -0.1) is 0 Å². The summed E-state index contributed by atoms with van der Waals surface area (Å²) in [5, 5.41) is 0. The molecule has 0 aliphatic heterocycles. The maximum atomic E-state index is 12.2. The maximum absolute atomic E-state index is 12.2. The largest absolute Gasteiger partial charge is 0.335 e. The van der Waals surface area contributed by atoms with Crippen LogP contribution in [0.1, 0.15) is 37.7 Å². The molecule has 0 atom stereocenters. The minimum atomic E-state index is 0.374. The van der Waals surface area contributed by atoms with E-state index in [-0.39, 0.29) is 0 Å². The lowest BCUT2D eigenvalue weighted by atomic mass is 10.2. The standard InChI is InChI=1S/C15H19NO/c17-15(10-12-6-7-12)16(14-8-9-14)11-13-4-2-1-3-5-13/h1-5,12,14H,6-11H2. The average molecular weight is 229 g/mol. The van der Waals surface area contributed by atoms with Gasteiger partial charge in [-0.2, -0.15) is 0 Å². The second kappa shape index (κ2) is 4.52. The summed E-state index contributed by atoms with van der Waals surface area (Å²) < 4.78 is 0. The Labute approximate surface area is 103 Å². The highest BCUT2D eigenvalue weighted by atomic mass is 16.2. The van der Waals surface area contributed by atoms with E-state index < -0.39 is 0 Å². The molecule has 2 heteroatoms. The van der Waals surface area contributed by atoms with Gasteiger partial charge >= 0.3 is 0 Å². The Morgan fingerprint density at radius 3 is 2.41 bits per heavy atom. The third-order valence-electron chi connectivity index (χ3n) is 3.66. The predicted octanol–water partition coefficient (Wildman–Crippen LogP) is 2.98. The van der Waals surface area contributed by atoms with Crippen LogP contribution in [0, 0.1) is 5.92 Å². The molecule has 0 spiro atoms. The molecular formula is C15H19NO. The molecule has 0 radical (unpaired) electrons. The lowest BCUT2D eigenvalue weighted by Gasteiger charge is -2.22. The lowest BCUT2D eigenvalue weighted by molar-refractivity contribution is -0.132. The van der Waals surface area contributed by atoms with E-state index in [4.69, 9.17) is 0 Å². The van der Waals surface area contributed by atoms with E-state index in [1.165, 1.54) is 31.2 Å². The van der Waals surface area contributed by atoms with E-state index in [1.54, 1.807) is 0 Å². The highest BCUT2D eigenvalue weighted by molar-refractivity contribution is 5.77. The van der Waals surface area contributed by atoms with Gasteiger partial charge in [0.1, 0.15) is 0 Å². The molecule has 90 valence electrons. The van der Waals surface area contributed by atoms with Crippen molar-refractivity contribution in [3.05, 3.63) is 35.9 Å². The number of nitrogens with zero attached hydrogens (tertiary/aromatic N) is 1. The summed E-state index contributed by atoms with van der Waals surface area (Å²) in [5.41, 5.74) is 1.25. The predicted molar refractivity (Wildman–Crippen MR) is 67.4 cm³/mol. The van der Waals surface area contributed by atoms with Crippen LogP contribution in [-0.4, -0.2) is 16.8 Å². The summed E-state index contributed by atoms with van der Waals surface area (Å²) in [6.07, 6.45) is 5.70. The summed E-state index contributed by atoms with van der Waals surface area (Å²) in [6, 6.07) is 10.9. The van der Waals surface area contributed by atoms with E-state index in [9.17, 15) is 4.79 Å². The molecule has 3 rings (SSSR count). The quantitative estimate of drug-likeness (QED) is 0.760. The summed E-state index contributed by atoms with van der Waals surface area (Å²) in [5.74, 6) is 1.07. The van der Waals surface area contributed by atoms with E-state index in [0.29, 0.717) is 17.9 Å². The molecule has 0 bridgehead atoms. The van der Waals surface area contributed by atoms with Crippen LogP contribution in [0.5, 0.6) is 0 Å². The molecule has 2 fully saturated rings. The van der Waals surface area contributed by atoms with Gasteiger partial charge in [-0.3, -0.25) is 4.79 Å². The third kappa shape index (κ3) is 2.87. The van der Waals surface area contributed by atoms with Crippen LogP contribution < -0.4 is 0 Å². The topological polar surface area (TPSA) is 20.3 Å². The molecule has 17 heavy (non-hydrogen) atoms. The second-order valence-corrected chi connectivity index (χ2v) is 5.39. The molecule has 0 aromatic heterocycles. The molecule has 2 nitrogen and oxygen atoms in total. The maximum Gasteiger partial charge on any atom is 0.223 e. The van der Waals surface area contributed by atoms with Crippen molar-refractivity contribution in [3.8, 4) is 0 Å². The Morgan fingerprint density at radius 1 is 1.12 bits per heavy atom. The molecule has 2 aliphatic carbocycles. The van der Waals surface area contributed by atoms with Gasteiger partial charge in [0, 0.05) is 19.0 Å². The first kappa shape index (κ1) is 10.8. The van der Waals surface area contributed by atoms with Crippen LogP contribution in [0.15, 0.2) is 30.3 Å². The van der Waals surface area contributed by atoms with Gasteiger partial charge in [0.05, 0.1) is 0 Å². The van der Waals surface area contributed by atoms with Gasteiger partial charge < -0.3 is 4.90 Å². The molecule has 2 aliphatic rings. The van der Waals surface area contributed by atoms with Crippen molar-refractivity contribution >= 4 is 5.91 Å². The van der Waals surface area contributed by atoms with Crippen molar-refractivity contribution in [1.29, 1.82) is 0 Å². The van der Waals surface area contributed by atoms with Crippen LogP contribution in [0.2, 0.25) is 0 Å². The van der Waals surface area contributed by atoms with Crippen molar-refractivity contribution in [2.75, 3.05) is 0 Å². The average Bonchev–Trinajstić information content (AvgIpc) is 3.21. The number of benzene rings is 1. The fourth-order valence-electron chi connectivity index (χ4n) is 2.27.